The number of nitrogens with one attached hydrogen (secondary N) is 8. The van der Waals surface area contributed by atoms with Crippen LogP contribution in [0, 0.1) is 47.3 Å². The van der Waals surface area contributed by atoms with Crippen LogP contribution in [0.15, 0.2) is 97.1 Å². The molecule has 6 aromatic rings. The molecule has 642 valence electrons. The lowest BCUT2D eigenvalue weighted by Gasteiger charge is -2.54. The molecule has 17 N–H and O–H groups in total. The third-order valence-electron chi connectivity index (χ3n) is 23.8. The number of hydrogen-bond acceptors (Lipinski definition) is 26. The molecule has 0 aromatic heterocycles. The summed E-state index contributed by atoms with van der Waals surface area (Å²) in [6, 6.07) is 10.3. The Morgan fingerprint density at radius 2 is 1.24 bits per heavy atom. The first-order valence-corrected chi connectivity index (χ1v) is 41.1. The number of anilines is 1. The second kappa shape index (κ2) is 37.8. The number of ketones is 3. The van der Waals surface area contributed by atoms with Crippen molar-refractivity contribution in [2.75, 3.05) is 52.3 Å². The molecule has 4 saturated carbocycles. The Kier molecular flexibility index (Phi) is 27.6. The second-order valence-electron chi connectivity index (χ2n) is 32.6. The molecule has 6 aromatic carbocycles. The molecule has 15 bridgehead atoms. The molecule has 1 saturated heterocycles. The monoisotopic (exact) mass is 1700 g/mol. The third-order valence-corrected chi connectivity index (χ3v) is 24.4. The van der Waals surface area contributed by atoms with Crippen molar-refractivity contribution >= 4 is 81.8 Å². The zero-order valence-electron chi connectivity index (χ0n) is 66.5. The lowest BCUT2D eigenvalue weighted by molar-refractivity contribution is -0.277. The fourth-order valence-corrected chi connectivity index (χ4v) is 18.4. The summed E-state index contributed by atoms with van der Waals surface area (Å²) >= 11 is 14.4. The number of benzene rings is 6. The van der Waals surface area contributed by atoms with E-state index in [1.807, 2.05) is 13.8 Å². The molecule has 4 aliphatic carbocycles. The van der Waals surface area contributed by atoms with Gasteiger partial charge < -0.3 is 112 Å². The Bertz CT molecular complexity index is 4840. The van der Waals surface area contributed by atoms with E-state index in [4.69, 9.17) is 51.6 Å². The number of phenolic OH excluding ortho intramolecular Hbond substituents is 3. The minimum atomic E-state index is -2.25. The summed E-state index contributed by atoms with van der Waals surface area (Å²) in [5.74, 6) is -15.8. The van der Waals surface area contributed by atoms with Crippen LogP contribution < -0.4 is 66.2 Å². The normalized spacial score (nSPS) is 27.3. The van der Waals surface area contributed by atoms with Crippen LogP contribution in [0.3, 0.4) is 0 Å². The van der Waals surface area contributed by atoms with Crippen molar-refractivity contribution < 1.29 is 118 Å². The number of carbonyl (C=O) groups excluding carboxylic acids is 9. The molecule has 10 aliphatic rings. The van der Waals surface area contributed by atoms with E-state index in [-0.39, 0.29) is 122 Å². The number of ether oxygens (including phenoxy) is 6. The number of aliphatic hydroxyl groups excluding tert-OH is 6. The maximum absolute atomic E-state index is 16.6. The van der Waals surface area contributed by atoms with Gasteiger partial charge in [0.1, 0.15) is 114 Å². The Morgan fingerprint density at radius 3 is 1.83 bits per heavy atom. The van der Waals surface area contributed by atoms with Crippen LogP contribution in [0.4, 0.5) is 10.5 Å². The molecule has 32 nitrogen and oxygen atoms in total. The van der Waals surface area contributed by atoms with E-state index in [0.29, 0.717) is 31.3 Å². The number of carbonyl (C=O) groups is 9. The van der Waals surface area contributed by atoms with Crippen molar-refractivity contribution in [3.63, 3.8) is 0 Å². The summed E-state index contributed by atoms with van der Waals surface area (Å²) in [4.78, 5) is 139. The zero-order valence-corrected chi connectivity index (χ0v) is 68.0. The molecule has 0 spiro atoms. The molecule has 34 heteroatoms. The average molecular weight is 1700 g/mol. The number of aliphatic hydroxyl groups is 6. The molecular weight excluding hydrogens is 1600 g/mol. The number of amides is 7. The van der Waals surface area contributed by atoms with Gasteiger partial charge in [0.2, 0.25) is 41.6 Å². The first-order valence-electron chi connectivity index (χ1n) is 40.3. The summed E-state index contributed by atoms with van der Waals surface area (Å²) in [7, 11) is 3.44. The highest BCUT2D eigenvalue weighted by Gasteiger charge is 2.51. The first kappa shape index (κ1) is 87.6. The number of fused-ring (bicyclic) bond motifs is 15. The second-order valence-corrected chi connectivity index (χ2v) is 33.4. The molecule has 14 atom stereocenters. The summed E-state index contributed by atoms with van der Waals surface area (Å²) in [6.07, 6.45) is -12.1. The number of likely N-dealkylation sites (N-methyl/N-ethyl adjacent to an activating group) is 2. The molecule has 0 radical (unpaired) electrons. The minimum Gasteiger partial charge on any atom is -0.508 e. The highest BCUT2D eigenvalue weighted by molar-refractivity contribution is 6.32. The topological polar surface area (TPSA) is 487 Å². The van der Waals surface area contributed by atoms with Gasteiger partial charge in [0.15, 0.2) is 28.8 Å². The standard InChI is InChI=1S/C86H100Cl2N8O24/c1-6-41(17-38(2)3)81(110)95-73-61(101)26-48(29-69(104)92-86(114)91-49-30-51(115-15-13-89-4)34-52(31-49)116-16-14-90-5)82(111)93-71-47-27-66(117-64-11-8-43(75(73)105)24-57(64)87)80(120-85-79(109)78(108)77(107)68(37-97)119-85)67(28-47)118-65-12-9-44(25-58(65)88)76(106)74-84(113)94-72(63(103)35-53-45-19-39-18-40(21-45)22-46(53)20-39)56-32-50(98)33-60(100)70(56)55-23-42(7-10-59(55)99)54(36-62(71)102)83(112)96-74/h7-12,23-25,27-28,30-34,38-41,45-46,48,53-54,68,71-79,85,89-90,97-100,105-109H,6,13-22,26,29,35-37H2,1-5H3,(H,93,111)(H,94,113)(H,95,110)(H,96,112)(H2,91,92,104,114)/t39?,40?,41-,45?,46?,48+,53?,54-,68-,71-,72+,73+,74+,75-,76-,77-,78+,79-,85+/m1/s1. The summed E-state index contributed by atoms with van der Waals surface area (Å²) in [6.45, 7) is 5.78. The van der Waals surface area contributed by atoms with Crippen LogP contribution in [-0.2, 0) is 43.1 Å². The van der Waals surface area contributed by atoms with Crippen LogP contribution in [-0.4, -0.2) is 189 Å². The van der Waals surface area contributed by atoms with Gasteiger partial charge in [0.25, 0.3) is 0 Å². The fourth-order valence-electron chi connectivity index (χ4n) is 17.9. The molecule has 0 unspecified atom stereocenters. The summed E-state index contributed by atoms with van der Waals surface area (Å²) < 4.78 is 37.4. The van der Waals surface area contributed by atoms with Crippen molar-refractivity contribution in [2.24, 2.45) is 47.3 Å². The lowest BCUT2D eigenvalue weighted by Crippen LogP contribution is -2.60. The number of hydrogen-bond donors (Lipinski definition) is 17. The van der Waals surface area contributed by atoms with E-state index in [1.165, 1.54) is 54.6 Å². The van der Waals surface area contributed by atoms with Crippen molar-refractivity contribution in [2.45, 2.75) is 164 Å². The number of Topliss-reactive ketones (excluding diaryl/α,β-unsaturated/α-hetero) is 3. The number of rotatable bonds is 22. The van der Waals surface area contributed by atoms with Crippen molar-refractivity contribution in [1.29, 1.82) is 0 Å². The maximum Gasteiger partial charge on any atom is 0.325 e. The van der Waals surface area contributed by atoms with Crippen molar-refractivity contribution in [3.05, 3.63) is 135 Å². The van der Waals surface area contributed by atoms with Gasteiger partial charge in [-0.25, -0.2) is 4.79 Å². The van der Waals surface area contributed by atoms with Gasteiger partial charge in [-0.05, 0) is 177 Å². The van der Waals surface area contributed by atoms with Gasteiger partial charge in [0.05, 0.1) is 28.5 Å². The number of phenols is 3. The molecule has 6 aliphatic heterocycles. The van der Waals surface area contributed by atoms with Crippen molar-refractivity contribution in [1.82, 2.24) is 37.2 Å². The number of urea groups is 1. The largest absolute Gasteiger partial charge is 0.508 e. The van der Waals surface area contributed by atoms with E-state index in [9.17, 15) is 60.3 Å². The van der Waals surface area contributed by atoms with E-state index < -0.39 is 204 Å². The van der Waals surface area contributed by atoms with Crippen LogP contribution in [0.5, 0.6) is 57.5 Å². The average Bonchev–Trinajstić information content (AvgIpc) is 0.746. The van der Waals surface area contributed by atoms with Gasteiger partial charge in [-0.2, -0.15) is 0 Å². The molecule has 120 heavy (non-hydrogen) atoms. The SMILES string of the molecule is CC[C@H](CC(C)C)C(=O)N[C@H]1C(=O)C[C@@H](CC(=O)NC(=O)Nc2cc(OCCNC)cc(OCCNC)c2)C(=O)N[C@H]2C(=O)C[C@H]3C(=O)N[C@H](C(=O)N[C@H](C(=O)CC4C5CC6CC(C5)CC4C6)c4cc(O)cc(O)c4-c4cc3ccc4O)[C@H](O)c3ccc(c(Cl)c3)Oc3cc2cc(c3O[C@@H]2O[C@H](CO)[C@@H](O)[C@H](O)[C@H]2O)Oc2ccc(cc2Cl)[C@H]1O. The van der Waals surface area contributed by atoms with Crippen LogP contribution >= 0.6 is 23.2 Å². The lowest BCUT2D eigenvalue weighted by atomic mass is 9.51. The van der Waals surface area contributed by atoms with Crippen molar-refractivity contribution in [3.8, 4) is 68.6 Å². The van der Waals surface area contributed by atoms with Crippen LogP contribution in [0.2, 0.25) is 10.0 Å². The smallest absolute Gasteiger partial charge is 0.325 e. The first-order chi connectivity index (χ1) is 57.4. The summed E-state index contributed by atoms with van der Waals surface area (Å²) in [5, 5.41) is 126. The fraction of sp³-hybridized carbons (Fsp3) is 0.477. The number of imide groups is 1. The zero-order chi connectivity index (χ0) is 85.8. The molecular formula is C86H100Cl2N8O24. The molecule has 5 fully saturated rings. The highest BCUT2D eigenvalue weighted by atomic mass is 35.5. The Labute approximate surface area is 700 Å². The van der Waals surface area contributed by atoms with Crippen LogP contribution in [0.1, 0.15) is 149 Å². The van der Waals surface area contributed by atoms with Gasteiger partial charge in [-0.15, -0.1) is 0 Å². The van der Waals surface area contributed by atoms with E-state index in [2.05, 4.69) is 42.5 Å². The molecule has 16 rings (SSSR count). The Morgan fingerprint density at radius 1 is 0.625 bits per heavy atom. The van der Waals surface area contributed by atoms with Gasteiger partial charge in [-0.3, -0.25) is 43.7 Å². The Hall–Kier alpha value is -10.2. The van der Waals surface area contributed by atoms with Crippen LogP contribution in [0.25, 0.3) is 11.1 Å². The van der Waals surface area contributed by atoms with Gasteiger partial charge in [0, 0.05) is 85.8 Å². The number of aromatic hydroxyl groups is 3. The minimum absolute atomic E-state index is 0.0526. The number of halogens is 2. The van der Waals surface area contributed by atoms with E-state index in [1.54, 1.807) is 27.1 Å². The Balaban J connectivity index is 0.983. The van der Waals surface area contributed by atoms with Gasteiger partial charge >= 0.3 is 6.03 Å². The maximum atomic E-state index is 16.6. The third kappa shape index (κ3) is 19.5. The van der Waals surface area contributed by atoms with E-state index in [0.717, 1.165) is 68.5 Å². The van der Waals surface area contributed by atoms with E-state index >= 15 is 28.8 Å². The highest BCUT2D eigenvalue weighted by Crippen LogP contribution is 2.58. The predicted molar refractivity (Wildman–Crippen MR) is 432 cm³/mol. The van der Waals surface area contributed by atoms with Gasteiger partial charge in [-0.1, -0.05) is 62.2 Å². The molecule has 6 heterocycles. The summed E-state index contributed by atoms with van der Waals surface area (Å²) in [5.41, 5.74) is -1.60. The predicted octanol–water partition coefficient (Wildman–Crippen LogP) is 7.29. The molecule has 7 amide bonds. The quantitative estimate of drug-likeness (QED) is 0.0297.